The second-order valence-electron chi connectivity index (χ2n) is 8.18. The van der Waals surface area contributed by atoms with Crippen molar-refractivity contribution >= 4 is 5.91 Å². The number of ether oxygens (including phenoxy) is 1. The minimum Gasteiger partial charge on any atom is -0.371 e. The van der Waals surface area contributed by atoms with Gasteiger partial charge in [-0.05, 0) is 39.1 Å². The Bertz CT molecular complexity index is 844. The number of carbonyl (C=O) groups is 1. The monoisotopic (exact) mass is 386 g/mol. The maximum Gasteiger partial charge on any atom is 0.257 e. The van der Waals surface area contributed by atoms with Crippen molar-refractivity contribution < 1.29 is 13.9 Å². The Labute approximate surface area is 164 Å². The van der Waals surface area contributed by atoms with E-state index >= 15 is 0 Å². The number of benzene rings is 1. The van der Waals surface area contributed by atoms with Crippen LogP contribution in [-0.2, 0) is 4.74 Å². The molecule has 6 nitrogen and oxygen atoms in total. The first kappa shape index (κ1) is 19.1. The molecule has 2 heterocycles. The van der Waals surface area contributed by atoms with Crippen LogP contribution in [0.1, 0.15) is 36.0 Å². The van der Waals surface area contributed by atoms with Crippen molar-refractivity contribution in [2.45, 2.75) is 37.3 Å². The molecule has 4 rings (SSSR count). The van der Waals surface area contributed by atoms with E-state index in [0.29, 0.717) is 24.4 Å². The number of hydrogen-bond acceptors (Lipinski definition) is 4. The molecule has 1 spiro atoms. The molecule has 0 radical (unpaired) electrons. The fourth-order valence-corrected chi connectivity index (χ4v) is 4.35. The van der Waals surface area contributed by atoms with Gasteiger partial charge >= 0.3 is 0 Å². The third kappa shape index (κ3) is 3.69. The van der Waals surface area contributed by atoms with Gasteiger partial charge in [0.1, 0.15) is 11.5 Å². The molecule has 1 saturated heterocycles. The highest BCUT2D eigenvalue weighted by Gasteiger charge is 2.44. The van der Waals surface area contributed by atoms with E-state index in [0.717, 1.165) is 32.2 Å². The van der Waals surface area contributed by atoms with Crippen LogP contribution in [0.3, 0.4) is 0 Å². The lowest BCUT2D eigenvalue weighted by atomic mass is 9.97. The molecule has 1 aromatic heterocycles. The summed E-state index contributed by atoms with van der Waals surface area (Å²) in [5.41, 5.74) is 0.600. The minimum absolute atomic E-state index is 0.00876. The number of nitrogens with zero attached hydrogens (tertiary/aromatic N) is 4. The van der Waals surface area contributed by atoms with E-state index < -0.39 is 0 Å². The molecule has 1 aliphatic carbocycles. The average Bonchev–Trinajstić information content (AvgIpc) is 3.33. The Balaban J connectivity index is 1.59. The number of carbonyl (C=O) groups excluding carboxylic acids is 1. The van der Waals surface area contributed by atoms with Crippen molar-refractivity contribution in [3.63, 3.8) is 0 Å². The molecule has 1 aromatic carbocycles. The molecular weight excluding hydrogens is 359 g/mol. The predicted molar refractivity (Wildman–Crippen MR) is 104 cm³/mol. The number of rotatable bonds is 4. The number of aromatic nitrogens is 2. The van der Waals surface area contributed by atoms with E-state index in [9.17, 15) is 9.18 Å². The smallest absolute Gasteiger partial charge is 0.257 e. The summed E-state index contributed by atoms with van der Waals surface area (Å²) in [6.07, 6.45) is 7.43. The molecular formula is C21H27FN4O2. The van der Waals surface area contributed by atoms with Crippen molar-refractivity contribution in [1.82, 2.24) is 19.6 Å². The van der Waals surface area contributed by atoms with Crippen LogP contribution >= 0.6 is 0 Å². The predicted octanol–water partition coefficient (Wildman–Crippen LogP) is 2.73. The molecule has 0 bridgehead atoms. The van der Waals surface area contributed by atoms with Crippen molar-refractivity contribution in [2.24, 2.45) is 0 Å². The van der Waals surface area contributed by atoms with Gasteiger partial charge in [0, 0.05) is 12.7 Å². The molecule has 2 aliphatic rings. The summed E-state index contributed by atoms with van der Waals surface area (Å²) in [7, 11) is 4.00. The fourth-order valence-electron chi connectivity index (χ4n) is 4.35. The van der Waals surface area contributed by atoms with Crippen LogP contribution < -0.4 is 0 Å². The Morgan fingerprint density at radius 2 is 2.07 bits per heavy atom. The van der Waals surface area contributed by atoms with Crippen molar-refractivity contribution in [2.75, 3.05) is 33.8 Å². The van der Waals surface area contributed by atoms with Crippen LogP contribution in [0, 0.1) is 5.82 Å². The highest BCUT2D eigenvalue weighted by atomic mass is 19.1. The Morgan fingerprint density at radius 3 is 2.79 bits per heavy atom. The third-order valence-electron chi connectivity index (χ3n) is 5.76. The van der Waals surface area contributed by atoms with Gasteiger partial charge in [0.05, 0.1) is 36.6 Å². The zero-order valence-electron chi connectivity index (χ0n) is 16.5. The van der Waals surface area contributed by atoms with Gasteiger partial charge in [-0.2, -0.15) is 5.10 Å². The highest BCUT2D eigenvalue weighted by molar-refractivity contribution is 5.94. The quantitative estimate of drug-likeness (QED) is 0.811. The lowest BCUT2D eigenvalue weighted by Gasteiger charge is -2.46. The molecule has 2 fully saturated rings. The number of para-hydroxylation sites is 1. The molecule has 7 heteroatoms. The van der Waals surface area contributed by atoms with Crippen molar-refractivity contribution in [1.29, 1.82) is 0 Å². The van der Waals surface area contributed by atoms with E-state index in [4.69, 9.17) is 4.74 Å². The van der Waals surface area contributed by atoms with Gasteiger partial charge in [0.25, 0.3) is 5.91 Å². The topological polar surface area (TPSA) is 50.6 Å². The third-order valence-corrected chi connectivity index (χ3v) is 5.76. The maximum atomic E-state index is 14.1. The fraction of sp³-hybridized carbons (Fsp3) is 0.524. The van der Waals surface area contributed by atoms with Crippen molar-refractivity contribution in [3.8, 4) is 5.69 Å². The Hall–Kier alpha value is -2.25. The van der Waals surface area contributed by atoms with E-state index in [1.54, 1.807) is 24.4 Å². The van der Waals surface area contributed by atoms with Gasteiger partial charge in [0.2, 0.25) is 0 Å². The second-order valence-corrected chi connectivity index (χ2v) is 8.18. The van der Waals surface area contributed by atoms with Crippen LogP contribution in [0.2, 0.25) is 0 Å². The molecule has 2 aromatic rings. The van der Waals surface area contributed by atoms with E-state index in [1.807, 2.05) is 19.0 Å². The summed E-state index contributed by atoms with van der Waals surface area (Å²) < 4.78 is 21.7. The summed E-state index contributed by atoms with van der Waals surface area (Å²) >= 11 is 0. The van der Waals surface area contributed by atoms with Gasteiger partial charge in [-0.3, -0.25) is 4.79 Å². The number of amides is 1. The van der Waals surface area contributed by atoms with E-state index in [2.05, 4.69) is 10.00 Å². The lowest BCUT2D eigenvalue weighted by molar-refractivity contribution is -0.121. The highest BCUT2D eigenvalue weighted by Crippen LogP contribution is 2.37. The Kier molecular flexibility index (Phi) is 5.21. The average molecular weight is 386 g/mol. The van der Waals surface area contributed by atoms with Gasteiger partial charge in [0.15, 0.2) is 0 Å². The molecule has 150 valence electrons. The van der Waals surface area contributed by atoms with Gasteiger partial charge in [-0.15, -0.1) is 0 Å². The van der Waals surface area contributed by atoms with Gasteiger partial charge in [-0.25, -0.2) is 9.07 Å². The van der Waals surface area contributed by atoms with Crippen LogP contribution in [0.15, 0.2) is 36.7 Å². The number of likely N-dealkylation sites (N-methyl/N-ethyl adjacent to an activating group) is 1. The second kappa shape index (κ2) is 7.64. The van der Waals surface area contributed by atoms with E-state index in [1.165, 1.54) is 16.9 Å². The molecule has 0 N–H and O–H groups in total. The van der Waals surface area contributed by atoms with Gasteiger partial charge in [-0.1, -0.05) is 25.0 Å². The summed E-state index contributed by atoms with van der Waals surface area (Å²) in [4.78, 5) is 17.4. The van der Waals surface area contributed by atoms with Crippen LogP contribution in [0.5, 0.6) is 0 Å². The van der Waals surface area contributed by atoms with Crippen LogP contribution in [0.25, 0.3) is 5.69 Å². The summed E-state index contributed by atoms with van der Waals surface area (Å²) in [5.74, 6) is -0.435. The van der Waals surface area contributed by atoms with Gasteiger partial charge < -0.3 is 14.5 Å². The Morgan fingerprint density at radius 1 is 1.32 bits per heavy atom. The van der Waals surface area contributed by atoms with Crippen LogP contribution in [-0.4, -0.2) is 70.9 Å². The van der Waals surface area contributed by atoms with E-state index in [-0.39, 0.29) is 23.4 Å². The summed E-state index contributed by atoms with van der Waals surface area (Å²) in [5, 5.41) is 4.23. The number of hydrogen-bond donors (Lipinski definition) is 0. The van der Waals surface area contributed by atoms with Crippen LogP contribution in [0.4, 0.5) is 4.39 Å². The first-order valence-electron chi connectivity index (χ1n) is 9.87. The first-order chi connectivity index (χ1) is 13.5. The molecule has 1 unspecified atom stereocenters. The summed E-state index contributed by atoms with van der Waals surface area (Å²) in [6, 6.07) is 6.41. The molecule has 1 aliphatic heterocycles. The normalized spacial score (nSPS) is 21.6. The molecule has 28 heavy (non-hydrogen) atoms. The minimum atomic E-state index is -0.369. The standard InChI is InChI=1S/C21H27FN4O2/c1-24(2)13-17-14-28-21(9-5-6-10-21)15-25(17)20(27)16-11-23-26(12-16)19-8-4-3-7-18(19)22/h3-4,7-8,11-12,17H,5-6,9-10,13-15H2,1-2H3. The maximum absolute atomic E-state index is 14.1. The first-order valence-corrected chi connectivity index (χ1v) is 9.87. The lowest BCUT2D eigenvalue weighted by Crippen LogP contribution is -2.59. The molecule has 1 atom stereocenters. The SMILES string of the molecule is CN(C)CC1COC2(CCCC2)CN1C(=O)c1cnn(-c2ccccc2F)c1. The zero-order valence-corrected chi connectivity index (χ0v) is 16.5. The zero-order chi connectivity index (χ0) is 19.7. The molecule has 1 amide bonds. The number of morpholine rings is 1. The number of halogens is 1. The largest absolute Gasteiger partial charge is 0.371 e. The van der Waals surface area contributed by atoms with Crippen molar-refractivity contribution in [3.05, 3.63) is 48.0 Å². The summed E-state index contributed by atoms with van der Waals surface area (Å²) in [6.45, 7) is 1.89. The molecule has 1 saturated carbocycles.